The summed E-state index contributed by atoms with van der Waals surface area (Å²) in [4.78, 5) is 24.7. The predicted molar refractivity (Wildman–Crippen MR) is 399 cm³/mol. The maximum atomic E-state index is 12.4. The molecule has 90 heavy (non-hydrogen) atoms. The Labute approximate surface area is 565 Å². The van der Waals surface area contributed by atoms with Crippen LogP contribution in [0.5, 0.6) is 0 Å². The lowest BCUT2D eigenvalue weighted by molar-refractivity contribution is -0.161. The van der Waals surface area contributed by atoms with E-state index in [0.29, 0.717) is 12.8 Å². The van der Waals surface area contributed by atoms with Gasteiger partial charge < -0.3 is 14.6 Å². The fourth-order valence-electron chi connectivity index (χ4n) is 13.5. The Hall–Kier alpha value is -1.62. The van der Waals surface area contributed by atoms with Crippen LogP contribution in [0.3, 0.4) is 0 Å². The lowest BCUT2D eigenvalue weighted by Crippen LogP contribution is -2.28. The van der Waals surface area contributed by atoms with Crippen LogP contribution in [-0.2, 0) is 19.1 Å². The first kappa shape index (κ1) is 88.4. The molecule has 0 aliphatic carbocycles. The summed E-state index contributed by atoms with van der Waals surface area (Å²) >= 11 is 0. The highest BCUT2D eigenvalue weighted by Crippen LogP contribution is 2.21. The minimum Gasteiger partial charge on any atom is -0.462 e. The van der Waals surface area contributed by atoms with Gasteiger partial charge in [0.05, 0.1) is 6.61 Å². The molecule has 0 saturated heterocycles. The minimum atomic E-state index is -0.769. The summed E-state index contributed by atoms with van der Waals surface area (Å²) in [5, 5.41) is 9.73. The van der Waals surface area contributed by atoms with Crippen molar-refractivity contribution < 1.29 is 24.2 Å². The smallest absolute Gasteiger partial charge is 0.306 e. The number of aliphatic hydroxyl groups excluding tert-OH is 1. The summed E-state index contributed by atoms with van der Waals surface area (Å²) in [5.74, 6) is -0.559. The van der Waals surface area contributed by atoms with Gasteiger partial charge in [0.2, 0.25) is 0 Å². The largest absolute Gasteiger partial charge is 0.462 e. The molecule has 0 amide bonds. The molecule has 0 rings (SSSR count). The summed E-state index contributed by atoms with van der Waals surface area (Å²) in [7, 11) is 0. The maximum Gasteiger partial charge on any atom is 0.306 e. The van der Waals surface area contributed by atoms with Gasteiger partial charge in [0, 0.05) is 12.8 Å². The summed E-state index contributed by atoms with van der Waals surface area (Å²) in [6, 6.07) is 0. The number of ether oxygens (including phenoxy) is 2. The molecule has 0 aromatic rings. The Morgan fingerprint density at radius 2 is 0.444 bits per heavy atom. The maximum absolute atomic E-state index is 12.4. The fourth-order valence-corrected chi connectivity index (χ4v) is 13.5. The van der Waals surface area contributed by atoms with Gasteiger partial charge in [-0.25, -0.2) is 0 Å². The number of allylic oxidation sites excluding steroid dienone is 4. The molecule has 5 nitrogen and oxygen atoms in total. The zero-order valence-corrected chi connectivity index (χ0v) is 61.7. The van der Waals surface area contributed by atoms with E-state index in [2.05, 4.69) is 38.2 Å². The average Bonchev–Trinajstić information content (AvgIpc) is 3.58. The summed E-state index contributed by atoms with van der Waals surface area (Å²) in [5.41, 5.74) is 0. The quantitative estimate of drug-likeness (QED) is 0.0373. The zero-order chi connectivity index (χ0) is 64.7. The second-order valence-electron chi connectivity index (χ2n) is 28.9. The molecular formula is C85H164O5. The van der Waals surface area contributed by atoms with Crippen molar-refractivity contribution in [3.05, 3.63) is 24.3 Å². The normalized spacial score (nSPS) is 12.2. The van der Waals surface area contributed by atoms with E-state index in [-0.39, 0.29) is 25.2 Å². The zero-order valence-electron chi connectivity index (χ0n) is 61.7. The Balaban J connectivity index is 3.33. The van der Waals surface area contributed by atoms with E-state index in [1.165, 1.54) is 424 Å². The molecule has 1 N–H and O–H groups in total. The molecule has 1 atom stereocenters. The van der Waals surface area contributed by atoms with Crippen LogP contribution in [0.2, 0.25) is 0 Å². The highest BCUT2D eigenvalue weighted by Gasteiger charge is 2.16. The van der Waals surface area contributed by atoms with Gasteiger partial charge in [0.1, 0.15) is 6.61 Å². The van der Waals surface area contributed by atoms with E-state index in [1.807, 2.05) is 0 Å². The van der Waals surface area contributed by atoms with Crippen molar-refractivity contribution in [2.24, 2.45) is 0 Å². The first-order valence-corrected chi connectivity index (χ1v) is 41.9. The number of carbonyl (C=O) groups excluding carboxylic acids is 2. The molecule has 0 aliphatic rings. The molecule has 0 aliphatic heterocycles. The van der Waals surface area contributed by atoms with Gasteiger partial charge >= 0.3 is 11.9 Å². The molecule has 5 heteroatoms. The third kappa shape index (κ3) is 78.8. The predicted octanol–water partition coefficient (Wildman–Crippen LogP) is 29.5. The van der Waals surface area contributed by atoms with Crippen molar-refractivity contribution in [1.29, 1.82) is 0 Å². The molecule has 0 radical (unpaired) electrons. The van der Waals surface area contributed by atoms with Crippen LogP contribution in [0.15, 0.2) is 24.3 Å². The van der Waals surface area contributed by atoms with E-state index >= 15 is 0 Å². The number of carbonyl (C=O) groups is 2. The number of esters is 2. The van der Waals surface area contributed by atoms with Crippen LogP contribution >= 0.6 is 0 Å². The molecule has 0 heterocycles. The third-order valence-corrected chi connectivity index (χ3v) is 19.7. The molecule has 1 unspecified atom stereocenters. The van der Waals surface area contributed by atoms with E-state index < -0.39 is 6.10 Å². The molecule has 0 saturated carbocycles. The Kier molecular flexibility index (Phi) is 80.1. The van der Waals surface area contributed by atoms with Gasteiger partial charge in [-0.05, 0) is 44.9 Å². The molecule has 0 aromatic carbocycles. The Morgan fingerprint density at radius 3 is 0.656 bits per heavy atom. The highest BCUT2D eigenvalue weighted by atomic mass is 16.6. The molecule has 0 bridgehead atoms. The van der Waals surface area contributed by atoms with E-state index in [4.69, 9.17) is 9.47 Å². The van der Waals surface area contributed by atoms with Gasteiger partial charge in [-0.1, -0.05) is 456 Å². The van der Waals surface area contributed by atoms with Crippen molar-refractivity contribution in [2.45, 2.75) is 495 Å². The van der Waals surface area contributed by atoms with Crippen molar-refractivity contribution in [1.82, 2.24) is 0 Å². The second-order valence-corrected chi connectivity index (χ2v) is 28.9. The standard InChI is InChI=1S/C85H164O5/c1-3-5-7-9-11-13-15-17-19-21-23-25-27-29-31-33-35-37-39-40-41-42-43-44-46-47-49-51-53-55-57-59-61-63-65-67-69-71-73-75-77-79-84(87)89-82-83(81-86)90-85(88)80-78-76-74-72-70-68-66-64-62-60-58-56-54-52-50-48-45-38-36-34-32-30-28-26-24-22-20-18-16-14-12-10-8-6-4-2/h16,18,22,24,83,86H,3-15,17,19-21,23,25-82H2,1-2H3/b18-16-,24-22-. The molecule has 534 valence electrons. The van der Waals surface area contributed by atoms with Gasteiger partial charge in [-0.3, -0.25) is 9.59 Å². The summed E-state index contributed by atoms with van der Waals surface area (Å²) in [6.45, 7) is 4.21. The third-order valence-electron chi connectivity index (χ3n) is 19.7. The average molecular weight is 1270 g/mol. The van der Waals surface area contributed by atoms with E-state index in [9.17, 15) is 14.7 Å². The van der Waals surface area contributed by atoms with Crippen LogP contribution < -0.4 is 0 Å². The number of rotatable bonds is 80. The van der Waals surface area contributed by atoms with Gasteiger partial charge in [-0.15, -0.1) is 0 Å². The number of unbranched alkanes of at least 4 members (excludes halogenated alkanes) is 68. The first-order valence-electron chi connectivity index (χ1n) is 41.9. The molecular weight excluding hydrogens is 1100 g/mol. The molecule has 0 fully saturated rings. The molecule has 0 aromatic heterocycles. The van der Waals surface area contributed by atoms with E-state index in [0.717, 1.165) is 38.5 Å². The number of hydrogen-bond donors (Lipinski definition) is 1. The van der Waals surface area contributed by atoms with Crippen LogP contribution in [0, 0.1) is 0 Å². The SMILES string of the molecule is CCCCCCC/C=C\C/C=C\CCCCCCCCCCCCCCCCCCCCCCCCCC(=O)OC(CO)COC(=O)CCCCCCCCCCCCCCCCCCCCCCCCCCCCCCCCCCCCCCCCCCC. The van der Waals surface area contributed by atoms with Crippen molar-refractivity contribution in [2.75, 3.05) is 13.2 Å². The van der Waals surface area contributed by atoms with Gasteiger partial charge in [0.15, 0.2) is 6.10 Å². The van der Waals surface area contributed by atoms with Crippen molar-refractivity contribution in [3.63, 3.8) is 0 Å². The summed E-state index contributed by atoms with van der Waals surface area (Å²) in [6.07, 6.45) is 109. The van der Waals surface area contributed by atoms with Gasteiger partial charge in [0.25, 0.3) is 0 Å². The Morgan fingerprint density at radius 1 is 0.256 bits per heavy atom. The van der Waals surface area contributed by atoms with E-state index in [1.54, 1.807) is 0 Å². The monoisotopic (exact) mass is 1270 g/mol. The topological polar surface area (TPSA) is 72.8 Å². The van der Waals surface area contributed by atoms with Crippen molar-refractivity contribution >= 4 is 11.9 Å². The number of hydrogen-bond acceptors (Lipinski definition) is 5. The van der Waals surface area contributed by atoms with Crippen LogP contribution in [0.25, 0.3) is 0 Å². The van der Waals surface area contributed by atoms with Gasteiger partial charge in [-0.2, -0.15) is 0 Å². The van der Waals surface area contributed by atoms with Crippen LogP contribution in [0.4, 0.5) is 0 Å². The summed E-state index contributed by atoms with van der Waals surface area (Å²) < 4.78 is 10.8. The Bertz CT molecular complexity index is 1390. The lowest BCUT2D eigenvalue weighted by atomic mass is 10.0. The fraction of sp³-hybridized carbons (Fsp3) is 0.929. The second kappa shape index (κ2) is 81.6. The minimum absolute atomic E-state index is 0.0570. The lowest BCUT2D eigenvalue weighted by Gasteiger charge is -2.15. The molecule has 0 spiro atoms. The van der Waals surface area contributed by atoms with Crippen LogP contribution in [0.1, 0.15) is 489 Å². The number of aliphatic hydroxyl groups is 1. The van der Waals surface area contributed by atoms with Crippen molar-refractivity contribution in [3.8, 4) is 0 Å². The highest BCUT2D eigenvalue weighted by molar-refractivity contribution is 5.70. The first-order chi connectivity index (χ1) is 44.6. The van der Waals surface area contributed by atoms with Crippen LogP contribution in [-0.4, -0.2) is 36.4 Å².